The smallest absolute Gasteiger partial charge is 0.475 e. The van der Waals surface area contributed by atoms with Gasteiger partial charge < -0.3 is 20.1 Å². The number of anilines is 1. The van der Waals surface area contributed by atoms with Crippen LogP contribution in [0.2, 0.25) is 0 Å². The molecule has 1 heterocycles. The third-order valence-corrected chi connectivity index (χ3v) is 4.41. The van der Waals surface area contributed by atoms with E-state index in [4.69, 9.17) is 14.6 Å². The summed E-state index contributed by atoms with van der Waals surface area (Å²) in [5.74, 6) is -2.67. The number of halogens is 3. The third kappa shape index (κ3) is 6.57. The molecule has 0 unspecified atom stereocenters. The quantitative estimate of drug-likeness (QED) is 0.722. The summed E-state index contributed by atoms with van der Waals surface area (Å²) in [4.78, 5) is 23.5. The molecule has 0 bridgehead atoms. The molecule has 30 heavy (non-hydrogen) atoms. The lowest BCUT2D eigenvalue weighted by atomic mass is 10.0. The van der Waals surface area contributed by atoms with E-state index in [-0.39, 0.29) is 5.91 Å². The molecular weight excluding hydrogens is 401 g/mol. The van der Waals surface area contributed by atoms with Crippen molar-refractivity contribution < 1.29 is 32.6 Å². The number of benzene rings is 2. The summed E-state index contributed by atoms with van der Waals surface area (Å²) < 4.78 is 36.7. The molecule has 3 rings (SSSR count). The number of ether oxygens (including phenoxy) is 1. The Kier molecular flexibility index (Phi) is 8.37. The van der Waals surface area contributed by atoms with Gasteiger partial charge in [-0.15, -0.1) is 0 Å². The van der Waals surface area contributed by atoms with Crippen LogP contribution in [0, 0.1) is 0 Å². The second-order valence-corrected chi connectivity index (χ2v) is 6.53. The molecule has 1 amide bonds. The molecule has 0 saturated heterocycles. The number of hydrogen-bond donors (Lipinski definition) is 2. The maximum absolute atomic E-state index is 12.7. The number of rotatable bonds is 5. The van der Waals surface area contributed by atoms with Crippen molar-refractivity contribution >= 4 is 17.6 Å². The molecule has 0 atom stereocenters. The fourth-order valence-corrected chi connectivity index (χ4v) is 2.96. The summed E-state index contributed by atoms with van der Waals surface area (Å²) in [6.45, 7) is 2.22. The average molecular weight is 424 g/mol. The van der Waals surface area contributed by atoms with Crippen molar-refractivity contribution in [3.8, 4) is 0 Å². The average Bonchev–Trinajstić information content (AvgIpc) is 2.87. The number of carboxylic acids is 1. The number of fused-ring (bicyclic) bond motifs is 2. The number of aliphatic carboxylic acids is 1. The van der Waals surface area contributed by atoms with Crippen LogP contribution >= 0.6 is 0 Å². The fraction of sp³-hybridized carbons (Fsp3) is 0.333. The molecule has 1 aliphatic rings. The Morgan fingerprint density at radius 2 is 1.63 bits per heavy atom. The molecule has 162 valence electrons. The van der Waals surface area contributed by atoms with E-state index in [0.717, 1.165) is 12.1 Å². The molecule has 0 aliphatic carbocycles. The van der Waals surface area contributed by atoms with Gasteiger partial charge in [0, 0.05) is 19.3 Å². The van der Waals surface area contributed by atoms with Crippen LogP contribution in [0.5, 0.6) is 0 Å². The molecule has 6 nitrogen and oxygen atoms in total. The first-order chi connectivity index (χ1) is 14.2. The van der Waals surface area contributed by atoms with Crippen molar-refractivity contribution in [1.82, 2.24) is 5.32 Å². The van der Waals surface area contributed by atoms with Crippen molar-refractivity contribution in [2.24, 2.45) is 0 Å². The molecule has 9 heteroatoms. The first kappa shape index (κ1) is 23.4. The van der Waals surface area contributed by atoms with Gasteiger partial charge in [-0.3, -0.25) is 4.79 Å². The summed E-state index contributed by atoms with van der Waals surface area (Å²) in [6.07, 6.45) is -4.22. The summed E-state index contributed by atoms with van der Waals surface area (Å²) in [7, 11) is 1.66. The van der Waals surface area contributed by atoms with Gasteiger partial charge in [-0.25, -0.2) is 4.79 Å². The number of nitrogens with one attached hydrogen (secondary N) is 1. The number of methoxy groups -OCH3 is 1. The zero-order valence-corrected chi connectivity index (χ0v) is 16.4. The molecule has 0 radical (unpaired) electrons. The lowest BCUT2D eigenvalue weighted by Gasteiger charge is -2.23. The van der Waals surface area contributed by atoms with Gasteiger partial charge in [0.2, 0.25) is 5.91 Å². The predicted molar refractivity (Wildman–Crippen MR) is 105 cm³/mol. The Bertz CT molecular complexity index is 871. The van der Waals surface area contributed by atoms with E-state index >= 15 is 0 Å². The van der Waals surface area contributed by atoms with Crippen LogP contribution < -0.4 is 10.2 Å². The van der Waals surface area contributed by atoms with Gasteiger partial charge in [0.05, 0.1) is 19.7 Å². The molecular formula is C21H23F3N2O4. The van der Waals surface area contributed by atoms with Gasteiger partial charge in [0.15, 0.2) is 0 Å². The SMILES string of the molecule is COCCNCC(=O)N1Cc2ccccc2Cc2ccccc21.O=C(O)C(F)(F)F. The highest BCUT2D eigenvalue weighted by atomic mass is 19.4. The van der Waals surface area contributed by atoms with Crippen LogP contribution in [0.4, 0.5) is 18.9 Å². The number of amides is 1. The number of hydrogen-bond acceptors (Lipinski definition) is 4. The lowest BCUT2D eigenvalue weighted by Crippen LogP contribution is -2.38. The number of carbonyl (C=O) groups is 2. The minimum absolute atomic E-state index is 0.0882. The van der Waals surface area contributed by atoms with Crippen molar-refractivity contribution in [3.05, 3.63) is 65.2 Å². The first-order valence-corrected chi connectivity index (χ1v) is 9.19. The number of nitrogens with zero attached hydrogens (tertiary/aromatic N) is 1. The summed E-state index contributed by atoms with van der Waals surface area (Å²) in [5.41, 5.74) is 4.72. The van der Waals surface area contributed by atoms with Crippen LogP contribution in [0.15, 0.2) is 48.5 Å². The molecule has 0 fully saturated rings. The maximum Gasteiger partial charge on any atom is 0.490 e. The summed E-state index contributed by atoms with van der Waals surface area (Å²) >= 11 is 0. The van der Waals surface area contributed by atoms with Gasteiger partial charge in [-0.2, -0.15) is 13.2 Å². The fourth-order valence-electron chi connectivity index (χ4n) is 2.96. The second kappa shape index (κ2) is 10.7. The maximum atomic E-state index is 12.7. The van der Waals surface area contributed by atoms with E-state index in [1.165, 1.54) is 16.7 Å². The van der Waals surface area contributed by atoms with E-state index in [2.05, 4.69) is 29.6 Å². The highest BCUT2D eigenvalue weighted by molar-refractivity contribution is 5.95. The highest BCUT2D eigenvalue weighted by Crippen LogP contribution is 2.30. The van der Waals surface area contributed by atoms with Crippen LogP contribution in [0.3, 0.4) is 0 Å². The number of alkyl halides is 3. The van der Waals surface area contributed by atoms with Gasteiger partial charge in [0.1, 0.15) is 0 Å². The topological polar surface area (TPSA) is 78.9 Å². The Morgan fingerprint density at radius 3 is 2.23 bits per heavy atom. The van der Waals surface area contributed by atoms with E-state index in [0.29, 0.717) is 26.2 Å². The monoisotopic (exact) mass is 424 g/mol. The lowest BCUT2D eigenvalue weighted by molar-refractivity contribution is -0.192. The number of carboxylic acid groups (broad SMARTS) is 1. The molecule has 2 N–H and O–H groups in total. The minimum Gasteiger partial charge on any atom is -0.475 e. The van der Waals surface area contributed by atoms with Crippen LogP contribution in [-0.4, -0.2) is 50.0 Å². The normalized spacial score (nSPS) is 12.7. The Labute approximate surface area is 172 Å². The van der Waals surface area contributed by atoms with E-state index < -0.39 is 12.1 Å². The largest absolute Gasteiger partial charge is 0.490 e. The van der Waals surface area contributed by atoms with Gasteiger partial charge in [-0.05, 0) is 29.2 Å². The third-order valence-electron chi connectivity index (χ3n) is 4.41. The van der Waals surface area contributed by atoms with Gasteiger partial charge >= 0.3 is 12.1 Å². The van der Waals surface area contributed by atoms with E-state index in [1.807, 2.05) is 29.2 Å². The first-order valence-electron chi connectivity index (χ1n) is 9.19. The van der Waals surface area contributed by atoms with Gasteiger partial charge in [0.25, 0.3) is 0 Å². The molecule has 2 aromatic rings. The second-order valence-electron chi connectivity index (χ2n) is 6.53. The highest BCUT2D eigenvalue weighted by Gasteiger charge is 2.38. The Morgan fingerprint density at radius 1 is 1.07 bits per heavy atom. The van der Waals surface area contributed by atoms with Crippen molar-refractivity contribution in [2.45, 2.75) is 19.1 Å². The van der Waals surface area contributed by atoms with Crippen molar-refractivity contribution in [3.63, 3.8) is 0 Å². The summed E-state index contributed by atoms with van der Waals surface area (Å²) in [5, 5.41) is 10.3. The molecule has 0 aromatic heterocycles. The molecule has 0 spiro atoms. The van der Waals surface area contributed by atoms with Crippen LogP contribution in [-0.2, 0) is 27.3 Å². The minimum atomic E-state index is -5.08. The zero-order valence-electron chi connectivity index (χ0n) is 16.4. The van der Waals surface area contributed by atoms with Crippen LogP contribution in [0.25, 0.3) is 0 Å². The predicted octanol–water partition coefficient (Wildman–Crippen LogP) is 2.99. The van der Waals surface area contributed by atoms with E-state index in [1.54, 1.807) is 7.11 Å². The number of para-hydroxylation sites is 1. The van der Waals surface area contributed by atoms with E-state index in [9.17, 15) is 18.0 Å². The van der Waals surface area contributed by atoms with Crippen LogP contribution in [0.1, 0.15) is 16.7 Å². The molecule has 2 aromatic carbocycles. The summed E-state index contributed by atoms with van der Waals surface area (Å²) in [6, 6.07) is 16.5. The zero-order chi connectivity index (χ0) is 22.1. The Hall–Kier alpha value is -2.91. The standard InChI is InChI=1S/C19H22N2O2.C2HF3O2/c1-23-11-10-20-13-19(22)21-14-17-8-3-2-6-15(17)12-16-7-4-5-9-18(16)21;3-2(4,5)1(6)7/h2-9,20H,10-14H2,1H3;(H,6,7). The Balaban J connectivity index is 0.000000396. The van der Waals surface area contributed by atoms with Crippen molar-refractivity contribution in [1.29, 1.82) is 0 Å². The number of carbonyl (C=O) groups excluding carboxylic acids is 1. The van der Waals surface area contributed by atoms with Crippen molar-refractivity contribution in [2.75, 3.05) is 31.7 Å². The van der Waals surface area contributed by atoms with Gasteiger partial charge in [-0.1, -0.05) is 42.5 Å². The molecule has 0 saturated carbocycles. The molecule has 1 aliphatic heterocycles.